The fourth-order valence-corrected chi connectivity index (χ4v) is 3.15. The van der Waals surface area contributed by atoms with Crippen LogP contribution in [0.5, 0.6) is 0 Å². The molecule has 0 radical (unpaired) electrons. The summed E-state index contributed by atoms with van der Waals surface area (Å²) in [6, 6.07) is 7.80. The van der Waals surface area contributed by atoms with Gasteiger partial charge in [-0.1, -0.05) is 29.8 Å². The molecule has 0 spiro atoms. The monoisotopic (exact) mass is 359 g/mol. The number of sulfonamides is 1. The van der Waals surface area contributed by atoms with Gasteiger partial charge in [-0.25, -0.2) is 0 Å². The zero-order valence-electron chi connectivity index (χ0n) is 9.38. The van der Waals surface area contributed by atoms with Crippen LogP contribution in [0.25, 0.3) is 0 Å². The number of halogens is 2. The number of carbonyl (C=O) groups is 1. The Labute approximate surface area is 123 Å². The Balaban J connectivity index is 2.46. The Kier molecular flexibility index (Phi) is 4.03. The SMILES string of the molecule is O=C1C(Cl)=C/C(=N\S(=O)(=O)c2ccccc2)C=C1Br. The molecule has 0 saturated carbocycles. The Morgan fingerprint density at radius 1 is 1.11 bits per heavy atom. The Morgan fingerprint density at radius 2 is 1.74 bits per heavy atom. The summed E-state index contributed by atoms with van der Waals surface area (Å²) in [6.07, 6.45) is 2.53. The van der Waals surface area contributed by atoms with Gasteiger partial charge in [-0.15, -0.1) is 0 Å². The van der Waals surface area contributed by atoms with E-state index in [9.17, 15) is 13.2 Å². The first-order chi connectivity index (χ1) is 8.90. The lowest BCUT2D eigenvalue weighted by molar-refractivity contribution is -0.111. The summed E-state index contributed by atoms with van der Waals surface area (Å²) >= 11 is 8.71. The largest absolute Gasteiger partial charge is 0.287 e. The smallest absolute Gasteiger partial charge is 0.282 e. The zero-order chi connectivity index (χ0) is 14.0. The predicted molar refractivity (Wildman–Crippen MR) is 77.0 cm³/mol. The predicted octanol–water partition coefficient (Wildman–Crippen LogP) is 2.80. The molecular formula is C12H7BrClNO3S. The summed E-state index contributed by atoms with van der Waals surface area (Å²) < 4.78 is 27.8. The number of carbonyl (C=O) groups excluding carboxylic acids is 1. The highest BCUT2D eigenvalue weighted by Crippen LogP contribution is 2.22. The van der Waals surface area contributed by atoms with Crippen LogP contribution >= 0.6 is 27.5 Å². The maximum absolute atomic E-state index is 12.0. The molecule has 2 rings (SSSR count). The second-order valence-electron chi connectivity index (χ2n) is 3.62. The third-order valence-electron chi connectivity index (χ3n) is 2.25. The lowest BCUT2D eigenvalue weighted by Crippen LogP contribution is -2.09. The quantitative estimate of drug-likeness (QED) is 0.762. The molecule has 0 aromatic heterocycles. The van der Waals surface area contributed by atoms with Crippen LogP contribution in [-0.2, 0) is 14.8 Å². The average molecular weight is 361 g/mol. The number of hydrogen-bond acceptors (Lipinski definition) is 3. The standard InChI is InChI=1S/C12H7BrClNO3S/c13-10-6-8(7-11(14)12(10)16)15-19(17,18)9-4-2-1-3-5-9/h1-7H/b15-8-. The van der Waals surface area contributed by atoms with E-state index in [1.54, 1.807) is 18.2 Å². The molecule has 0 atom stereocenters. The van der Waals surface area contributed by atoms with Crippen molar-refractivity contribution in [1.29, 1.82) is 0 Å². The van der Waals surface area contributed by atoms with Crippen molar-refractivity contribution < 1.29 is 13.2 Å². The van der Waals surface area contributed by atoms with Crippen molar-refractivity contribution in [3.63, 3.8) is 0 Å². The van der Waals surface area contributed by atoms with Crippen molar-refractivity contribution in [2.45, 2.75) is 4.90 Å². The minimum absolute atomic E-state index is 0.0773. The minimum atomic E-state index is -3.82. The van der Waals surface area contributed by atoms with Gasteiger partial charge >= 0.3 is 0 Å². The summed E-state index contributed by atoms with van der Waals surface area (Å²) in [6.45, 7) is 0. The molecule has 0 bridgehead atoms. The zero-order valence-corrected chi connectivity index (χ0v) is 12.5. The molecule has 1 aromatic carbocycles. The van der Waals surface area contributed by atoms with E-state index in [1.807, 2.05) is 0 Å². The summed E-state index contributed by atoms with van der Waals surface area (Å²) in [5, 5.41) is -0.0867. The number of nitrogens with zero attached hydrogens (tertiary/aromatic N) is 1. The Bertz CT molecular complexity index is 697. The van der Waals surface area contributed by atoms with Crippen LogP contribution in [0.3, 0.4) is 0 Å². The van der Waals surface area contributed by atoms with Gasteiger partial charge in [0.1, 0.15) is 0 Å². The van der Waals surface area contributed by atoms with Gasteiger partial charge in [-0.3, -0.25) is 4.79 Å². The second-order valence-corrected chi connectivity index (χ2v) is 6.48. The van der Waals surface area contributed by atoms with E-state index < -0.39 is 15.8 Å². The molecule has 19 heavy (non-hydrogen) atoms. The topological polar surface area (TPSA) is 63.6 Å². The molecule has 0 heterocycles. The van der Waals surface area contributed by atoms with Gasteiger partial charge in [0.2, 0.25) is 5.78 Å². The maximum atomic E-state index is 12.0. The maximum Gasteiger partial charge on any atom is 0.282 e. The molecule has 0 saturated heterocycles. The van der Waals surface area contributed by atoms with Gasteiger partial charge in [0.15, 0.2) is 0 Å². The van der Waals surface area contributed by atoms with Gasteiger partial charge < -0.3 is 0 Å². The van der Waals surface area contributed by atoms with Crippen LogP contribution in [0, 0.1) is 0 Å². The fourth-order valence-electron chi connectivity index (χ4n) is 1.38. The Hall–Kier alpha value is -1.24. The van der Waals surface area contributed by atoms with Gasteiger partial charge in [0.25, 0.3) is 10.0 Å². The van der Waals surface area contributed by atoms with Crippen LogP contribution in [-0.4, -0.2) is 19.9 Å². The highest BCUT2D eigenvalue weighted by atomic mass is 79.9. The average Bonchev–Trinajstić information content (AvgIpc) is 2.36. The molecule has 1 aliphatic rings. The fraction of sp³-hybridized carbons (Fsp3) is 0. The van der Waals surface area contributed by atoms with E-state index in [2.05, 4.69) is 20.3 Å². The van der Waals surface area contributed by atoms with Crippen LogP contribution < -0.4 is 0 Å². The molecule has 1 aromatic rings. The van der Waals surface area contributed by atoms with Gasteiger partial charge in [-0.05, 0) is 40.2 Å². The summed E-state index contributed by atoms with van der Waals surface area (Å²) in [5.41, 5.74) is 0.0975. The van der Waals surface area contributed by atoms with Crippen LogP contribution in [0.4, 0.5) is 0 Å². The van der Waals surface area contributed by atoms with Gasteiger partial charge in [0.05, 0.1) is 20.1 Å². The first-order valence-electron chi connectivity index (χ1n) is 5.09. The molecular weight excluding hydrogens is 354 g/mol. The van der Waals surface area contributed by atoms with Crippen LogP contribution in [0.15, 0.2) is 61.3 Å². The number of benzene rings is 1. The number of ketones is 1. The van der Waals surface area contributed by atoms with Gasteiger partial charge in [-0.2, -0.15) is 12.8 Å². The van der Waals surface area contributed by atoms with Crippen molar-refractivity contribution >= 4 is 49.0 Å². The Morgan fingerprint density at radius 3 is 2.32 bits per heavy atom. The third-order valence-corrected chi connectivity index (χ3v) is 4.44. The summed E-state index contributed by atoms with van der Waals surface area (Å²) in [5.74, 6) is -0.405. The molecule has 0 aliphatic heterocycles. The van der Waals surface area contributed by atoms with Gasteiger partial charge in [0, 0.05) is 0 Å². The highest BCUT2D eigenvalue weighted by Gasteiger charge is 2.19. The molecule has 1 aliphatic carbocycles. The normalized spacial score (nSPS) is 18.2. The van der Waals surface area contributed by atoms with E-state index >= 15 is 0 Å². The lowest BCUT2D eigenvalue weighted by atomic mass is 10.2. The number of rotatable bonds is 2. The summed E-state index contributed by atoms with van der Waals surface area (Å²) in [4.78, 5) is 11.5. The van der Waals surface area contributed by atoms with Crippen molar-refractivity contribution in [3.8, 4) is 0 Å². The van der Waals surface area contributed by atoms with Crippen molar-refractivity contribution in [2.75, 3.05) is 0 Å². The second kappa shape index (κ2) is 5.40. The number of allylic oxidation sites excluding steroid dienone is 4. The van der Waals surface area contributed by atoms with Crippen LogP contribution in [0.1, 0.15) is 0 Å². The number of hydrogen-bond donors (Lipinski definition) is 0. The van der Waals surface area contributed by atoms with Crippen molar-refractivity contribution in [3.05, 3.63) is 52.0 Å². The molecule has 0 fully saturated rings. The van der Waals surface area contributed by atoms with Crippen molar-refractivity contribution in [1.82, 2.24) is 0 Å². The van der Waals surface area contributed by atoms with Crippen LogP contribution in [0.2, 0.25) is 0 Å². The molecule has 4 nitrogen and oxygen atoms in total. The molecule has 0 amide bonds. The summed E-state index contributed by atoms with van der Waals surface area (Å²) in [7, 11) is -3.82. The first-order valence-corrected chi connectivity index (χ1v) is 7.70. The van der Waals surface area contributed by atoms with E-state index in [-0.39, 0.29) is 20.1 Å². The molecule has 0 N–H and O–H groups in total. The lowest BCUT2D eigenvalue weighted by Gasteiger charge is -2.06. The first kappa shape index (κ1) is 14.2. The molecule has 7 heteroatoms. The third kappa shape index (κ3) is 3.20. The van der Waals surface area contributed by atoms with E-state index in [1.165, 1.54) is 24.3 Å². The van der Waals surface area contributed by atoms with E-state index in [0.717, 1.165) is 0 Å². The van der Waals surface area contributed by atoms with E-state index in [0.29, 0.717) is 0 Å². The highest BCUT2D eigenvalue weighted by molar-refractivity contribution is 9.12. The van der Waals surface area contributed by atoms with E-state index in [4.69, 9.17) is 11.6 Å². The molecule has 98 valence electrons. The molecule has 0 unspecified atom stereocenters. The number of Topliss-reactive ketones (excluding diaryl/α,β-unsaturated/α-hetero) is 1. The minimum Gasteiger partial charge on any atom is -0.287 e. The van der Waals surface area contributed by atoms with Crippen molar-refractivity contribution in [2.24, 2.45) is 4.40 Å².